The Hall–Kier alpha value is -0.650. The molecule has 0 aromatic carbocycles. The van der Waals surface area contributed by atoms with Crippen molar-refractivity contribution in [3.05, 3.63) is 0 Å². The molecule has 0 bridgehead atoms. The van der Waals surface area contributed by atoms with Crippen LogP contribution in [-0.2, 0) is 9.53 Å². The van der Waals surface area contributed by atoms with E-state index in [1.165, 1.54) is 19.4 Å². The zero-order chi connectivity index (χ0) is 15.9. The van der Waals surface area contributed by atoms with Gasteiger partial charge < -0.3 is 15.0 Å². The van der Waals surface area contributed by atoms with Crippen LogP contribution < -0.4 is 5.32 Å². The zero-order valence-electron chi connectivity index (χ0n) is 14.4. The van der Waals surface area contributed by atoms with Crippen molar-refractivity contribution < 1.29 is 9.53 Å². The fourth-order valence-electron chi connectivity index (χ4n) is 3.07. The summed E-state index contributed by atoms with van der Waals surface area (Å²) >= 11 is 0. The molecule has 1 aliphatic heterocycles. The summed E-state index contributed by atoms with van der Waals surface area (Å²) in [7, 11) is 6.10. The van der Waals surface area contributed by atoms with E-state index < -0.39 is 5.54 Å². The van der Waals surface area contributed by atoms with E-state index in [9.17, 15) is 4.79 Å². The normalized spacial score (nSPS) is 22.5. The smallest absolute Gasteiger partial charge is 0.326 e. The number of nitrogens with zero attached hydrogens (tertiary/aromatic N) is 2. The molecule has 1 rings (SSSR count). The summed E-state index contributed by atoms with van der Waals surface area (Å²) in [6.45, 7) is 7.61. The number of carbonyl (C=O) groups is 1. The molecule has 1 aliphatic rings. The molecular weight excluding hydrogens is 266 g/mol. The third-order valence-electron chi connectivity index (χ3n) is 4.47. The monoisotopic (exact) mass is 299 g/mol. The van der Waals surface area contributed by atoms with Gasteiger partial charge in [-0.25, -0.2) is 0 Å². The lowest BCUT2D eigenvalue weighted by Gasteiger charge is -2.30. The van der Waals surface area contributed by atoms with E-state index in [0.29, 0.717) is 12.6 Å². The molecule has 0 amide bonds. The Morgan fingerprint density at radius 2 is 2.19 bits per heavy atom. The lowest BCUT2D eigenvalue weighted by Crippen LogP contribution is -2.49. The highest BCUT2D eigenvalue weighted by Gasteiger charge is 2.33. The van der Waals surface area contributed by atoms with Crippen LogP contribution in [0.4, 0.5) is 0 Å². The molecule has 0 radical (unpaired) electrons. The van der Waals surface area contributed by atoms with Gasteiger partial charge in [-0.1, -0.05) is 0 Å². The molecule has 0 spiro atoms. The van der Waals surface area contributed by atoms with E-state index in [-0.39, 0.29) is 5.97 Å². The molecule has 5 nitrogen and oxygen atoms in total. The van der Waals surface area contributed by atoms with Crippen LogP contribution in [0, 0.1) is 0 Å². The second-order valence-electron chi connectivity index (χ2n) is 6.50. The van der Waals surface area contributed by atoms with E-state index in [2.05, 4.69) is 29.2 Å². The average Bonchev–Trinajstić information content (AvgIpc) is 2.85. The number of carbonyl (C=O) groups excluding carboxylic acids is 1. The van der Waals surface area contributed by atoms with Gasteiger partial charge in [0, 0.05) is 12.6 Å². The van der Waals surface area contributed by atoms with Gasteiger partial charge in [0.1, 0.15) is 5.54 Å². The second-order valence-corrected chi connectivity index (χ2v) is 6.50. The first kappa shape index (κ1) is 18.4. The fraction of sp³-hybridized carbons (Fsp3) is 0.938. The van der Waals surface area contributed by atoms with Gasteiger partial charge in [-0.15, -0.1) is 0 Å². The van der Waals surface area contributed by atoms with Crippen LogP contribution in [0.2, 0.25) is 0 Å². The minimum absolute atomic E-state index is 0.140. The minimum atomic E-state index is -0.563. The van der Waals surface area contributed by atoms with Crippen LogP contribution in [-0.4, -0.2) is 74.7 Å². The molecule has 0 saturated carbocycles. The predicted octanol–water partition coefficient (Wildman–Crippen LogP) is 1.33. The van der Waals surface area contributed by atoms with Gasteiger partial charge >= 0.3 is 5.97 Å². The summed E-state index contributed by atoms with van der Waals surface area (Å²) in [6.07, 6.45) is 4.41. The summed E-state index contributed by atoms with van der Waals surface area (Å²) in [5, 5.41) is 3.13. The van der Waals surface area contributed by atoms with Crippen LogP contribution in [0.3, 0.4) is 0 Å². The molecule has 0 aliphatic carbocycles. The van der Waals surface area contributed by atoms with E-state index in [0.717, 1.165) is 25.9 Å². The van der Waals surface area contributed by atoms with Crippen molar-refractivity contribution in [1.82, 2.24) is 15.1 Å². The van der Waals surface area contributed by atoms with Crippen molar-refractivity contribution in [2.24, 2.45) is 0 Å². The zero-order valence-corrected chi connectivity index (χ0v) is 14.4. The highest BCUT2D eigenvalue weighted by Crippen LogP contribution is 2.20. The fourth-order valence-corrected chi connectivity index (χ4v) is 3.07. The number of hydrogen-bond acceptors (Lipinski definition) is 5. The van der Waals surface area contributed by atoms with Gasteiger partial charge in [-0.05, 0) is 73.8 Å². The topological polar surface area (TPSA) is 44.8 Å². The van der Waals surface area contributed by atoms with Crippen LogP contribution in [0.15, 0.2) is 0 Å². The quantitative estimate of drug-likeness (QED) is 0.651. The van der Waals surface area contributed by atoms with E-state index in [1.54, 1.807) is 0 Å². The molecule has 2 unspecified atom stereocenters. The Morgan fingerprint density at radius 3 is 2.76 bits per heavy atom. The maximum absolute atomic E-state index is 12.0. The number of likely N-dealkylation sites (tertiary alicyclic amines) is 1. The van der Waals surface area contributed by atoms with Crippen molar-refractivity contribution >= 4 is 5.97 Å². The van der Waals surface area contributed by atoms with Gasteiger partial charge in [-0.2, -0.15) is 0 Å². The van der Waals surface area contributed by atoms with Gasteiger partial charge in [-0.3, -0.25) is 9.69 Å². The van der Waals surface area contributed by atoms with Gasteiger partial charge in [0.2, 0.25) is 0 Å². The number of rotatable bonds is 9. The van der Waals surface area contributed by atoms with Crippen molar-refractivity contribution in [1.29, 1.82) is 0 Å². The molecular formula is C16H33N3O2. The molecule has 2 atom stereocenters. The Labute approximate surface area is 130 Å². The van der Waals surface area contributed by atoms with Gasteiger partial charge in [0.25, 0.3) is 0 Å². The predicted molar refractivity (Wildman–Crippen MR) is 86.5 cm³/mol. The molecule has 1 fully saturated rings. The first-order chi connectivity index (χ1) is 9.92. The maximum atomic E-state index is 12.0. The molecule has 0 aromatic rings. The number of likely N-dealkylation sites (N-methyl/N-ethyl adjacent to an activating group) is 2. The van der Waals surface area contributed by atoms with E-state index >= 15 is 0 Å². The van der Waals surface area contributed by atoms with E-state index in [1.807, 2.05) is 20.9 Å². The molecule has 1 heterocycles. The van der Waals surface area contributed by atoms with Crippen LogP contribution in [0.25, 0.3) is 0 Å². The highest BCUT2D eigenvalue weighted by atomic mass is 16.5. The summed E-state index contributed by atoms with van der Waals surface area (Å²) < 4.78 is 5.17. The number of esters is 1. The number of ether oxygens (including phenoxy) is 1. The van der Waals surface area contributed by atoms with Gasteiger partial charge in [0.05, 0.1) is 6.61 Å². The van der Waals surface area contributed by atoms with Crippen LogP contribution in [0.1, 0.15) is 39.5 Å². The SMILES string of the molecule is CCOC(=O)C(C)(CCCN1CCCC1CN(C)C)NC. The largest absolute Gasteiger partial charge is 0.465 e. The molecule has 0 aromatic heterocycles. The van der Waals surface area contributed by atoms with Crippen molar-refractivity contribution in [3.63, 3.8) is 0 Å². The second kappa shape index (κ2) is 8.71. The number of nitrogens with one attached hydrogen (secondary N) is 1. The lowest BCUT2D eigenvalue weighted by molar-refractivity contribution is -0.150. The Balaban J connectivity index is 2.41. The lowest BCUT2D eigenvalue weighted by atomic mass is 9.96. The Bertz CT molecular complexity index is 323. The third-order valence-corrected chi connectivity index (χ3v) is 4.47. The molecule has 1 saturated heterocycles. The number of hydrogen-bond donors (Lipinski definition) is 1. The summed E-state index contributed by atoms with van der Waals surface area (Å²) in [5.74, 6) is -0.140. The summed E-state index contributed by atoms with van der Waals surface area (Å²) in [6, 6.07) is 0.670. The average molecular weight is 299 g/mol. The van der Waals surface area contributed by atoms with Crippen LogP contribution in [0.5, 0.6) is 0 Å². The van der Waals surface area contributed by atoms with Crippen LogP contribution >= 0.6 is 0 Å². The first-order valence-corrected chi connectivity index (χ1v) is 8.18. The Kier molecular flexibility index (Phi) is 7.63. The van der Waals surface area contributed by atoms with Gasteiger partial charge in [0.15, 0.2) is 0 Å². The summed E-state index contributed by atoms with van der Waals surface area (Å²) in [5.41, 5.74) is -0.563. The highest BCUT2D eigenvalue weighted by molar-refractivity contribution is 5.80. The Morgan fingerprint density at radius 1 is 1.48 bits per heavy atom. The summed E-state index contributed by atoms with van der Waals surface area (Å²) in [4.78, 5) is 16.9. The van der Waals surface area contributed by atoms with Crippen molar-refractivity contribution in [2.45, 2.75) is 51.1 Å². The minimum Gasteiger partial charge on any atom is -0.465 e. The van der Waals surface area contributed by atoms with E-state index in [4.69, 9.17) is 4.74 Å². The maximum Gasteiger partial charge on any atom is 0.326 e. The molecule has 124 valence electrons. The molecule has 5 heteroatoms. The molecule has 1 N–H and O–H groups in total. The third kappa shape index (κ3) is 5.57. The molecule has 21 heavy (non-hydrogen) atoms. The van der Waals surface area contributed by atoms with Crippen molar-refractivity contribution in [2.75, 3.05) is 47.4 Å². The van der Waals surface area contributed by atoms with Crippen molar-refractivity contribution in [3.8, 4) is 0 Å². The standard InChI is InChI=1S/C16H33N3O2/c1-6-21-15(20)16(2,17-3)10-8-12-19-11-7-9-14(19)13-18(4)5/h14,17H,6-13H2,1-5H3. The first-order valence-electron chi connectivity index (χ1n) is 8.18.